The van der Waals surface area contributed by atoms with Gasteiger partial charge >= 0.3 is 6.03 Å². The highest BCUT2D eigenvalue weighted by Crippen LogP contribution is 2.55. The summed E-state index contributed by atoms with van der Waals surface area (Å²) in [6.07, 6.45) is 8.27. The van der Waals surface area contributed by atoms with Crippen molar-refractivity contribution in [3.63, 3.8) is 0 Å². The molecule has 2 aromatic carbocycles. The number of benzene rings is 2. The predicted octanol–water partition coefficient (Wildman–Crippen LogP) is 8.02. The van der Waals surface area contributed by atoms with E-state index in [2.05, 4.69) is 36.7 Å². The van der Waals surface area contributed by atoms with E-state index in [0.717, 1.165) is 76.3 Å². The lowest BCUT2D eigenvalue weighted by molar-refractivity contribution is -0.126. The van der Waals surface area contributed by atoms with Gasteiger partial charge in [-0.15, -0.1) is 11.3 Å². The molecular formula is C45H55N5O7S. The van der Waals surface area contributed by atoms with Crippen molar-refractivity contribution in [1.29, 1.82) is 0 Å². The summed E-state index contributed by atoms with van der Waals surface area (Å²) in [4.78, 5) is 43.3. The van der Waals surface area contributed by atoms with Gasteiger partial charge in [-0.25, -0.2) is 14.8 Å². The van der Waals surface area contributed by atoms with Crippen molar-refractivity contribution < 1.29 is 33.3 Å². The number of epoxide rings is 1. The maximum absolute atomic E-state index is 14.9. The second-order valence-electron chi connectivity index (χ2n) is 16.2. The van der Waals surface area contributed by atoms with E-state index in [-0.39, 0.29) is 42.7 Å². The van der Waals surface area contributed by atoms with Crippen LogP contribution in [0.15, 0.2) is 60.0 Å². The summed E-state index contributed by atoms with van der Waals surface area (Å²) in [5.74, 6) is 2.31. The van der Waals surface area contributed by atoms with Gasteiger partial charge in [0.15, 0.2) is 6.29 Å². The summed E-state index contributed by atoms with van der Waals surface area (Å²) in [6, 6.07) is 12.7. The summed E-state index contributed by atoms with van der Waals surface area (Å²) in [7, 11) is 3.30. The number of carbonyl (C=O) groups is 2. The zero-order chi connectivity index (χ0) is 40.6. The van der Waals surface area contributed by atoms with Crippen molar-refractivity contribution in [3.05, 3.63) is 76.8 Å². The molecule has 1 saturated carbocycles. The van der Waals surface area contributed by atoms with Crippen LogP contribution in [0.3, 0.4) is 0 Å². The number of methoxy groups -OCH3 is 2. The molecular weight excluding hydrogens is 755 g/mol. The average molecular weight is 810 g/mol. The van der Waals surface area contributed by atoms with Crippen molar-refractivity contribution in [1.82, 2.24) is 25.1 Å². The van der Waals surface area contributed by atoms with E-state index in [1.54, 1.807) is 30.5 Å². The number of hydrogen-bond acceptors (Lipinski definition) is 10. The number of urea groups is 1. The van der Waals surface area contributed by atoms with E-state index < -0.39 is 17.7 Å². The highest BCUT2D eigenvalue weighted by molar-refractivity contribution is 7.13. The van der Waals surface area contributed by atoms with Crippen LogP contribution in [0.4, 0.5) is 4.79 Å². The molecule has 8 rings (SSSR count). The molecule has 0 bridgehead atoms. The van der Waals surface area contributed by atoms with Gasteiger partial charge in [0.2, 0.25) is 5.91 Å². The Balaban J connectivity index is 1.14. The van der Waals surface area contributed by atoms with Gasteiger partial charge < -0.3 is 38.8 Å². The lowest BCUT2D eigenvalue weighted by Crippen LogP contribution is -2.54. The number of fused-ring (bicyclic) bond motifs is 3. The van der Waals surface area contributed by atoms with Crippen LogP contribution in [0.5, 0.6) is 17.2 Å². The second-order valence-corrected chi connectivity index (χ2v) is 17.1. The van der Waals surface area contributed by atoms with Gasteiger partial charge in [0.1, 0.15) is 46.2 Å². The number of aryl methyl sites for hydroxylation is 1. The smallest absolute Gasteiger partial charge is 0.321 e. The summed E-state index contributed by atoms with van der Waals surface area (Å²) < 4.78 is 29.9. The molecule has 5 heterocycles. The van der Waals surface area contributed by atoms with E-state index in [4.69, 9.17) is 33.7 Å². The standard InChI is InChI=1S/C45H55N5O7S/c1-7-55-43-40(57-43)45-23-30(45)13-11-9-8-10-12-20-49(24-29-14-16-31(53-5)17-15-29)44(52)50-25-32(21-36(50)41(51)48-45)56-38-22-34(42-47-35(26-58-42)27(2)3)46-39-28(4)37(54-6)19-18-33(38)39/h11,13-19,22,26-27,30,32,36,40,43H,7-10,12,20-21,23-25H2,1-6H3,(H,48,51)/b13-11-/t30-,32-,36+,40?,43?,45-/m1/s1. The fourth-order valence-electron chi connectivity index (χ4n) is 8.53. The average Bonchev–Trinajstić information content (AvgIpc) is 4.00. The van der Waals surface area contributed by atoms with Crippen LogP contribution in [0.2, 0.25) is 0 Å². The maximum atomic E-state index is 14.9. The molecule has 2 aromatic heterocycles. The first-order valence-electron chi connectivity index (χ1n) is 20.7. The summed E-state index contributed by atoms with van der Waals surface area (Å²) in [6.45, 7) is 9.92. The topological polar surface area (TPSA) is 128 Å². The Hall–Kier alpha value is -4.72. The molecule has 308 valence electrons. The van der Waals surface area contributed by atoms with Gasteiger partial charge in [-0.3, -0.25) is 4.79 Å². The van der Waals surface area contributed by atoms with E-state index in [1.165, 1.54) is 0 Å². The minimum atomic E-state index is -0.769. The number of thiazole rings is 1. The van der Waals surface area contributed by atoms with Crippen LogP contribution in [0.25, 0.3) is 21.6 Å². The van der Waals surface area contributed by atoms with E-state index in [1.807, 2.05) is 61.2 Å². The normalized spacial score (nSPS) is 26.7. The number of allylic oxidation sites excluding steroid dienone is 1. The summed E-state index contributed by atoms with van der Waals surface area (Å²) >= 11 is 1.55. The third kappa shape index (κ3) is 8.13. The van der Waals surface area contributed by atoms with Crippen LogP contribution in [0, 0.1) is 12.8 Å². The van der Waals surface area contributed by atoms with Crippen molar-refractivity contribution >= 4 is 34.2 Å². The van der Waals surface area contributed by atoms with Crippen molar-refractivity contribution in [2.24, 2.45) is 5.92 Å². The SMILES string of the molecule is CCOC1OC1[C@@]12C[C@H]1/C=C\CCCCCN(Cc1ccc(OC)cc1)C(=O)N1C[C@H](Oc3cc(-c4nc(C(C)C)cs4)nc4c(C)c(OC)ccc34)C[C@H]1C(=O)N2. The number of ether oxygens (including phenoxy) is 5. The Labute approximate surface area is 344 Å². The predicted molar refractivity (Wildman–Crippen MR) is 223 cm³/mol. The largest absolute Gasteiger partial charge is 0.497 e. The van der Waals surface area contributed by atoms with Crippen molar-refractivity contribution in [2.75, 3.05) is 33.9 Å². The Kier molecular flexibility index (Phi) is 11.7. The van der Waals surface area contributed by atoms with Crippen LogP contribution in [-0.2, 0) is 20.8 Å². The molecule has 3 fully saturated rings. The number of pyridine rings is 1. The monoisotopic (exact) mass is 809 g/mol. The van der Waals surface area contributed by atoms with Gasteiger partial charge in [0, 0.05) is 54.4 Å². The zero-order valence-corrected chi connectivity index (χ0v) is 35.2. The number of rotatable bonds is 11. The number of carbonyl (C=O) groups excluding carboxylic acids is 2. The van der Waals surface area contributed by atoms with Crippen molar-refractivity contribution in [2.45, 2.75) is 109 Å². The lowest BCUT2D eigenvalue weighted by atomic mass is 10.1. The van der Waals surface area contributed by atoms with Crippen LogP contribution in [0.1, 0.15) is 82.0 Å². The van der Waals surface area contributed by atoms with Gasteiger partial charge in [0.05, 0.1) is 37.5 Å². The maximum Gasteiger partial charge on any atom is 0.321 e. The first kappa shape index (κ1) is 40.1. The summed E-state index contributed by atoms with van der Waals surface area (Å²) in [5.41, 5.74) is 3.75. The number of amides is 3. The Morgan fingerprint density at radius 2 is 1.86 bits per heavy atom. The lowest BCUT2D eigenvalue weighted by Gasteiger charge is -2.32. The Morgan fingerprint density at radius 1 is 1.03 bits per heavy atom. The van der Waals surface area contributed by atoms with Crippen LogP contribution in [-0.4, -0.2) is 95.7 Å². The Bertz CT molecular complexity index is 2160. The first-order valence-corrected chi connectivity index (χ1v) is 21.5. The third-order valence-electron chi connectivity index (χ3n) is 12.0. The molecule has 2 unspecified atom stereocenters. The van der Waals surface area contributed by atoms with Gasteiger partial charge in [0.25, 0.3) is 0 Å². The molecule has 12 nitrogen and oxygen atoms in total. The highest BCUT2D eigenvalue weighted by atomic mass is 32.1. The van der Waals surface area contributed by atoms with E-state index in [9.17, 15) is 9.59 Å². The molecule has 2 saturated heterocycles. The number of aromatic nitrogens is 2. The fourth-order valence-corrected chi connectivity index (χ4v) is 9.47. The minimum absolute atomic E-state index is 0.130. The van der Waals surface area contributed by atoms with Crippen LogP contribution >= 0.6 is 11.3 Å². The number of nitrogens with zero attached hydrogens (tertiary/aromatic N) is 4. The molecule has 0 radical (unpaired) electrons. The first-order chi connectivity index (χ1) is 28.1. The fraction of sp³-hybridized carbons (Fsp3) is 0.511. The molecule has 13 heteroatoms. The van der Waals surface area contributed by atoms with E-state index >= 15 is 0 Å². The molecule has 4 aliphatic rings. The minimum Gasteiger partial charge on any atom is -0.497 e. The molecule has 3 aliphatic heterocycles. The second kappa shape index (κ2) is 16.9. The Morgan fingerprint density at radius 3 is 2.60 bits per heavy atom. The molecule has 4 aromatic rings. The van der Waals surface area contributed by atoms with Crippen molar-refractivity contribution in [3.8, 4) is 28.0 Å². The summed E-state index contributed by atoms with van der Waals surface area (Å²) in [5, 5.41) is 7.12. The van der Waals surface area contributed by atoms with Gasteiger partial charge in [-0.1, -0.05) is 44.6 Å². The van der Waals surface area contributed by atoms with Gasteiger partial charge in [-0.2, -0.15) is 0 Å². The van der Waals surface area contributed by atoms with Crippen LogP contribution < -0.4 is 19.5 Å². The highest BCUT2D eigenvalue weighted by Gasteiger charge is 2.69. The van der Waals surface area contributed by atoms with E-state index in [0.29, 0.717) is 37.6 Å². The molecule has 58 heavy (non-hydrogen) atoms. The third-order valence-corrected chi connectivity index (χ3v) is 12.9. The molecule has 1 aliphatic carbocycles. The zero-order valence-electron chi connectivity index (χ0n) is 34.4. The molecule has 0 spiro atoms. The molecule has 1 N–H and O–H groups in total. The van der Waals surface area contributed by atoms with Gasteiger partial charge in [-0.05, 0) is 75.3 Å². The number of hydrogen-bond donors (Lipinski definition) is 1. The number of nitrogens with one attached hydrogen (secondary N) is 1. The molecule has 3 amide bonds. The molecule has 6 atom stereocenters. The quantitative estimate of drug-likeness (QED) is 0.118.